The van der Waals surface area contributed by atoms with E-state index in [0.717, 1.165) is 17.9 Å². The van der Waals surface area contributed by atoms with E-state index in [2.05, 4.69) is 17.0 Å². The van der Waals surface area contributed by atoms with Gasteiger partial charge in [0, 0.05) is 32.2 Å². The number of nitrogens with zero attached hydrogens (tertiary/aromatic N) is 2. The fourth-order valence-electron chi connectivity index (χ4n) is 4.54. The van der Waals surface area contributed by atoms with Gasteiger partial charge in [-0.3, -0.25) is 19.7 Å². The molecule has 0 spiro atoms. The number of aliphatic hydroxyl groups is 1. The van der Waals surface area contributed by atoms with Gasteiger partial charge in [0.1, 0.15) is 11.9 Å². The van der Waals surface area contributed by atoms with Crippen molar-refractivity contribution in [2.24, 2.45) is 5.92 Å². The summed E-state index contributed by atoms with van der Waals surface area (Å²) >= 11 is 0. The Morgan fingerprint density at radius 2 is 1.79 bits per heavy atom. The zero-order valence-corrected chi connectivity index (χ0v) is 19.9. The van der Waals surface area contributed by atoms with E-state index in [4.69, 9.17) is 9.94 Å². The van der Waals surface area contributed by atoms with Gasteiger partial charge < -0.3 is 14.7 Å². The zero-order chi connectivity index (χ0) is 24.5. The first kappa shape index (κ1) is 25.7. The number of benzene rings is 2. The Morgan fingerprint density at radius 1 is 1.09 bits per heavy atom. The maximum Gasteiger partial charge on any atom is 0.272 e. The Bertz CT molecular complexity index is 922. The number of nitrogens with one attached hydrogen (secondary N) is 1. The van der Waals surface area contributed by atoms with Crippen molar-refractivity contribution in [2.75, 3.05) is 26.7 Å². The van der Waals surface area contributed by atoms with Crippen LogP contribution in [0.1, 0.15) is 30.9 Å². The summed E-state index contributed by atoms with van der Waals surface area (Å²) in [6, 6.07) is 17.8. The number of carbonyl (C=O) groups excluding carboxylic acids is 2. The molecule has 2 aromatic carbocycles. The summed E-state index contributed by atoms with van der Waals surface area (Å²) in [7, 11) is 1.61. The molecular formula is C26H35N3O5. The molecule has 8 heteroatoms. The second kappa shape index (κ2) is 12.5. The molecule has 1 aliphatic rings. The standard InChI is InChI=1S/C26H35N3O5/c1-19-17-28(18-21-7-4-3-5-8-21)15-16-29(19)26(32)23(24(30)25(31)27-33)10-6-9-20-11-13-22(34-2)14-12-20/h3-5,7-8,11-14,19,23-24,30,33H,6,9-10,15-18H2,1-2H3,(H,27,31)/t19-,23+,24-/m0/s1. The van der Waals surface area contributed by atoms with Crippen LogP contribution >= 0.6 is 0 Å². The van der Waals surface area contributed by atoms with Crippen LogP contribution in [-0.4, -0.2) is 70.8 Å². The van der Waals surface area contributed by atoms with Crippen LogP contribution < -0.4 is 10.2 Å². The highest BCUT2D eigenvalue weighted by atomic mass is 16.5. The van der Waals surface area contributed by atoms with Crippen LogP contribution in [0.4, 0.5) is 0 Å². The number of piperazine rings is 1. The second-order valence-corrected chi connectivity index (χ2v) is 8.87. The van der Waals surface area contributed by atoms with Crippen LogP contribution in [0.3, 0.4) is 0 Å². The van der Waals surface area contributed by atoms with E-state index in [1.165, 1.54) is 11.0 Å². The molecule has 2 amide bonds. The second-order valence-electron chi connectivity index (χ2n) is 8.87. The molecule has 3 rings (SSSR count). The number of carbonyl (C=O) groups is 2. The van der Waals surface area contributed by atoms with E-state index in [-0.39, 0.29) is 11.9 Å². The van der Waals surface area contributed by atoms with Crippen molar-refractivity contribution in [3.05, 3.63) is 65.7 Å². The number of amides is 2. The third-order valence-corrected chi connectivity index (χ3v) is 6.46. The summed E-state index contributed by atoms with van der Waals surface area (Å²) in [6.07, 6.45) is 0.0294. The molecule has 0 saturated carbocycles. The van der Waals surface area contributed by atoms with E-state index in [9.17, 15) is 14.7 Å². The van der Waals surface area contributed by atoms with Crippen molar-refractivity contribution in [3.8, 4) is 5.75 Å². The van der Waals surface area contributed by atoms with Gasteiger partial charge in [0.25, 0.3) is 5.91 Å². The lowest BCUT2D eigenvalue weighted by Gasteiger charge is -2.41. The molecule has 3 N–H and O–H groups in total. The molecule has 0 unspecified atom stereocenters. The number of hydrogen-bond donors (Lipinski definition) is 3. The van der Waals surface area contributed by atoms with Crippen LogP contribution in [0.5, 0.6) is 5.75 Å². The largest absolute Gasteiger partial charge is 0.497 e. The molecule has 1 heterocycles. The number of methoxy groups -OCH3 is 1. The fraction of sp³-hybridized carbons (Fsp3) is 0.462. The van der Waals surface area contributed by atoms with E-state index in [1.807, 2.05) is 49.4 Å². The van der Waals surface area contributed by atoms with Gasteiger partial charge in [-0.2, -0.15) is 0 Å². The predicted molar refractivity (Wildman–Crippen MR) is 128 cm³/mol. The van der Waals surface area contributed by atoms with Gasteiger partial charge in [0.15, 0.2) is 0 Å². The molecule has 0 aromatic heterocycles. The minimum atomic E-state index is -1.61. The highest BCUT2D eigenvalue weighted by Crippen LogP contribution is 2.22. The quantitative estimate of drug-likeness (QED) is 0.364. The van der Waals surface area contributed by atoms with Crippen LogP contribution in [0.2, 0.25) is 0 Å². The summed E-state index contributed by atoms with van der Waals surface area (Å²) in [4.78, 5) is 29.5. The van der Waals surface area contributed by atoms with Crippen molar-refractivity contribution < 1.29 is 24.6 Å². The van der Waals surface area contributed by atoms with Crippen molar-refractivity contribution in [1.29, 1.82) is 0 Å². The van der Waals surface area contributed by atoms with Gasteiger partial charge in [-0.25, -0.2) is 5.48 Å². The lowest BCUT2D eigenvalue weighted by molar-refractivity contribution is -0.153. The van der Waals surface area contributed by atoms with Crippen molar-refractivity contribution >= 4 is 11.8 Å². The topological polar surface area (TPSA) is 102 Å². The Kier molecular flexibility index (Phi) is 9.44. The minimum absolute atomic E-state index is 0.0570. The summed E-state index contributed by atoms with van der Waals surface area (Å²) in [5, 5.41) is 19.6. The first-order chi connectivity index (χ1) is 16.4. The number of ether oxygens (including phenoxy) is 1. The molecule has 2 aromatic rings. The molecule has 3 atom stereocenters. The summed E-state index contributed by atoms with van der Waals surface area (Å²) in [5.41, 5.74) is 3.79. The maximum atomic E-state index is 13.4. The van der Waals surface area contributed by atoms with Crippen LogP contribution in [0.15, 0.2) is 54.6 Å². The molecule has 184 valence electrons. The van der Waals surface area contributed by atoms with Crippen LogP contribution in [-0.2, 0) is 22.6 Å². The smallest absolute Gasteiger partial charge is 0.272 e. The zero-order valence-electron chi connectivity index (χ0n) is 19.9. The number of hydrogen-bond acceptors (Lipinski definition) is 6. The lowest BCUT2D eigenvalue weighted by Crippen LogP contribution is -2.57. The van der Waals surface area contributed by atoms with Crippen molar-refractivity contribution in [2.45, 2.75) is 44.9 Å². The Balaban J connectivity index is 1.61. The third-order valence-electron chi connectivity index (χ3n) is 6.46. The van der Waals surface area contributed by atoms with Gasteiger partial charge in [-0.1, -0.05) is 42.5 Å². The van der Waals surface area contributed by atoms with E-state index < -0.39 is 17.9 Å². The van der Waals surface area contributed by atoms with Crippen LogP contribution in [0, 0.1) is 5.92 Å². The molecule has 1 aliphatic heterocycles. The number of aryl methyl sites for hydroxylation is 1. The maximum absolute atomic E-state index is 13.4. The van der Waals surface area contributed by atoms with Gasteiger partial charge in [-0.15, -0.1) is 0 Å². The third kappa shape index (κ3) is 6.79. The Hall–Kier alpha value is -2.94. The molecule has 1 saturated heterocycles. The molecule has 1 fully saturated rings. The highest BCUT2D eigenvalue weighted by Gasteiger charge is 2.37. The Labute approximate surface area is 201 Å². The van der Waals surface area contributed by atoms with Gasteiger partial charge in [0.2, 0.25) is 5.91 Å². The average Bonchev–Trinajstić information content (AvgIpc) is 2.86. The van der Waals surface area contributed by atoms with E-state index in [1.54, 1.807) is 12.0 Å². The first-order valence-electron chi connectivity index (χ1n) is 11.7. The SMILES string of the molecule is COc1ccc(CCC[C@@H](C(=O)N2CCN(Cc3ccccc3)C[C@@H]2C)[C@H](O)C(=O)NO)cc1. The molecule has 34 heavy (non-hydrogen) atoms. The summed E-state index contributed by atoms with van der Waals surface area (Å²) < 4.78 is 5.18. The van der Waals surface area contributed by atoms with Gasteiger partial charge >= 0.3 is 0 Å². The average molecular weight is 470 g/mol. The number of aliphatic hydroxyl groups excluding tert-OH is 1. The fourth-order valence-corrected chi connectivity index (χ4v) is 4.54. The first-order valence-corrected chi connectivity index (χ1v) is 11.7. The molecular weight excluding hydrogens is 434 g/mol. The molecule has 8 nitrogen and oxygen atoms in total. The monoisotopic (exact) mass is 469 g/mol. The summed E-state index contributed by atoms with van der Waals surface area (Å²) in [5.74, 6) is -1.36. The predicted octanol–water partition coefficient (Wildman–Crippen LogP) is 2.23. The molecule has 0 aliphatic carbocycles. The van der Waals surface area contributed by atoms with E-state index >= 15 is 0 Å². The number of hydroxylamine groups is 1. The Morgan fingerprint density at radius 3 is 2.41 bits per heavy atom. The van der Waals surface area contributed by atoms with Gasteiger partial charge in [-0.05, 0) is 49.4 Å². The highest BCUT2D eigenvalue weighted by molar-refractivity contribution is 5.88. The molecule has 0 radical (unpaired) electrons. The lowest BCUT2D eigenvalue weighted by atomic mass is 9.91. The number of rotatable bonds is 10. The summed E-state index contributed by atoms with van der Waals surface area (Å²) in [6.45, 7) is 4.75. The van der Waals surface area contributed by atoms with Crippen LogP contribution in [0.25, 0.3) is 0 Å². The van der Waals surface area contributed by atoms with Crippen molar-refractivity contribution in [3.63, 3.8) is 0 Å². The molecule has 0 bridgehead atoms. The minimum Gasteiger partial charge on any atom is -0.497 e. The van der Waals surface area contributed by atoms with E-state index in [0.29, 0.717) is 38.9 Å². The van der Waals surface area contributed by atoms with Gasteiger partial charge in [0.05, 0.1) is 13.0 Å². The van der Waals surface area contributed by atoms with Crippen molar-refractivity contribution in [1.82, 2.24) is 15.3 Å². The normalized spacial score (nSPS) is 18.2.